The van der Waals surface area contributed by atoms with Gasteiger partial charge < -0.3 is 10.1 Å². The third-order valence-corrected chi connectivity index (χ3v) is 3.14. The van der Waals surface area contributed by atoms with Crippen LogP contribution in [0.2, 0.25) is 0 Å². The van der Waals surface area contributed by atoms with Crippen LogP contribution < -0.4 is 5.32 Å². The zero-order valence-corrected chi connectivity index (χ0v) is 10.6. The summed E-state index contributed by atoms with van der Waals surface area (Å²) in [4.78, 5) is 15.7. The molecule has 1 aliphatic rings. The predicted octanol–water partition coefficient (Wildman–Crippen LogP) is 1.35. The summed E-state index contributed by atoms with van der Waals surface area (Å²) < 4.78 is 5.71. The van der Waals surface area contributed by atoms with Crippen LogP contribution in [0.1, 0.15) is 24.8 Å². The van der Waals surface area contributed by atoms with Gasteiger partial charge in [0.05, 0.1) is 12.7 Å². The third-order valence-electron chi connectivity index (χ3n) is 3.14. The minimum Gasteiger partial charge on any atom is -0.378 e. The van der Waals surface area contributed by atoms with Crippen molar-refractivity contribution >= 4 is 5.78 Å². The maximum atomic E-state index is 11.7. The van der Waals surface area contributed by atoms with Crippen molar-refractivity contribution in [3.63, 3.8) is 0 Å². The Balaban J connectivity index is 1.62. The van der Waals surface area contributed by atoms with E-state index < -0.39 is 0 Å². The Bertz CT molecular complexity index is 361. The molecule has 98 valence electrons. The number of rotatable bonds is 6. The highest BCUT2D eigenvalue weighted by atomic mass is 16.5. The second kappa shape index (κ2) is 7.24. The smallest absolute Gasteiger partial charge is 0.139 e. The topological polar surface area (TPSA) is 51.2 Å². The van der Waals surface area contributed by atoms with Crippen LogP contribution >= 0.6 is 0 Å². The van der Waals surface area contributed by atoms with Crippen molar-refractivity contribution in [1.82, 2.24) is 10.3 Å². The summed E-state index contributed by atoms with van der Waals surface area (Å²) in [5.41, 5.74) is 0.976. The molecule has 1 fully saturated rings. The first kappa shape index (κ1) is 13.2. The van der Waals surface area contributed by atoms with Crippen LogP contribution in [0, 0.1) is 0 Å². The van der Waals surface area contributed by atoms with Gasteiger partial charge in [0, 0.05) is 25.2 Å². The van der Waals surface area contributed by atoms with Crippen LogP contribution in [-0.4, -0.2) is 36.6 Å². The lowest BCUT2D eigenvalue weighted by Gasteiger charge is -2.22. The van der Waals surface area contributed by atoms with Crippen LogP contribution in [0.15, 0.2) is 24.5 Å². The molecule has 0 aliphatic carbocycles. The molecule has 0 saturated carbocycles. The zero-order chi connectivity index (χ0) is 12.6. The van der Waals surface area contributed by atoms with E-state index in [4.69, 9.17) is 4.74 Å². The van der Waals surface area contributed by atoms with Crippen LogP contribution in [-0.2, 0) is 16.0 Å². The summed E-state index contributed by atoms with van der Waals surface area (Å²) in [6.07, 6.45) is 6.85. The quantitative estimate of drug-likeness (QED) is 0.825. The molecular formula is C14H20N2O2. The molecule has 1 aliphatic heterocycles. The number of carbonyl (C=O) groups excluding carboxylic acids is 1. The fourth-order valence-electron chi connectivity index (χ4n) is 2.12. The summed E-state index contributed by atoms with van der Waals surface area (Å²) in [5, 5.41) is 3.29. The normalized spacial score (nSPS) is 16.7. The fraction of sp³-hybridized carbons (Fsp3) is 0.571. The zero-order valence-electron chi connectivity index (χ0n) is 10.6. The first-order valence-corrected chi connectivity index (χ1v) is 6.57. The molecule has 0 amide bonds. The predicted molar refractivity (Wildman–Crippen MR) is 69.4 cm³/mol. The van der Waals surface area contributed by atoms with Gasteiger partial charge in [-0.05, 0) is 37.6 Å². The molecule has 1 saturated heterocycles. The Hall–Kier alpha value is -1.26. The highest BCUT2D eigenvalue weighted by Crippen LogP contribution is 2.08. The van der Waals surface area contributed by atoms with Crippen LogP contribution in [0.3, 0.4) is 0 Å². The lowest BCUT2D eigenvalue weighted by atomic mass is 10.1. The summed E-state index contributed by atoms with van der Waals surface area (Å²) in [6.45, 7) is 2.59. The Morgan fingerprint density at radius 3 is 3.00 bits per heavy atom. The van der Waals surface area contributed by atoms with Gasteiger partial charge in [0.15, 0.2) is 0 Å². The number of carbonyl (C=O) groups is 1. The molecule has 4 nitrogen and oxygen atoms in total. The molecule has 18 heavy (non-hydrogen) atoms. The van der Waals surface area contributed by atoms with Crippen LogP contribution in [0.5, 0.6) is 0 Å². The molecule has 0 aromatic carbocycles. The van der Waals surface area contributed by atoms with Gasteiger partial charge in [0.1, 0.15) is 5.78 Å². The van der Waals surface area contributed by atoms with Gasteiger partial charge in [-0.2, -0.15) is 0 Å². The summed E-state index contributed by atoms with van der Waals surface area (Å²) in [5.74, 6) is 0.219. The number of nitrogens with zero attached hydrogens (tertiary/aromatic N) is 1. The maximum Gasteiger partial charge on any atom is 0.139 e. The van der Waals surface area contributed by atoms with E-state index in [0.717, 1.165) is 31.5 Å². The highest BCUT2D eigenvalue weighted by molar-refractivity contribution is 5.80. The number of Topliss-reactive ketones (excluding diaryl/α,β-unsaturated/α-hetero) is 1. The minimum absolute atomic E-state index is 0.219. The molecule has 0 spiro atoms. The second-order valence-corrected chi connectivity index (χ2v) is 4.65. The van der Waals surface area contributed by atoms with Crippen molar-refractivity contribution < 1.29 is 9.53 Å². The van der Waals surface area contributed by atoms with E-state index in [9.17, 15) is 4.79 Å². The molecule has 1 aromatic rings. The molecule has 0 unspecified atom stereocenters. The number of ether oxygens (including phenoxy) is 1. The van der Waals surface area contributed by atoms with Crippen molar-refractivity contribution in [2.45, 2.75) is 31.8 Å². The number of hydrogen-bond donors (Lipinski definition) is 1. The number of pyridine rings is 1. The van der Waals surface area contributed by atoms with Crippen molar-refractivity contribution in [3.8, 4) is 0 Å². The Kier molecular flexibility index (Phi) is 5.30. The van der Waals surface area contributed by atoms with Gasteiger partial charge >= 0.3 is 0 Å². The number of ketones is 1. The number of aromatic nitrogens is 1. The molecule has 0 radical (unpaired) electrons. The fourth-order valence-corrected chi connectivity index (χ4v) is 2.12. The van der Waals surface area contributed by atoms with Crippen molar-refractivity contribution in [2.24, 2.45) is 0 Å². The Morgan fingerprint density at radius 1 is 1.44 bits per heavy atom. The summed E-state index contributed by atoms with van der Waals surface area (Å²) in [6, 6.07) is 3.78. The number of nitrogens with one attached hydrogen (secondary N) is 1. The largest absolute Gasteiger partial charge is 0.378 e. The van der Waals surface area contributed by atoms with E-state index in [1.54, 1.807) is 12.4 Å². The second-order valence-electron chi connectivity index (χ2n) is 4.65. The average molecular weight is 248 g/mol. The average Bonchev–Trinajstić information content (AvgIpc) is 2.41. The molecule has 1 aromatic heterocycles. The van der Waals surface area contributed by atoms with Crippen molar-refractivity contribution in [1.29, 1.82) is 0 Å². The van der Waals surface area contributed by atoms with E-state index in [1.165, 1.54) is 0 Å². The van der Waals surface area contributed by atoms with Gasteiger partial charge in [-0.15, -0.1) is 0 Å². The molecule has 0 atom stereocenters. The molecule has 2 heterocycles. The van der Waals surface area contributed by atoms with Crippen LogP contribution in [0.4, 0.5) is 0 Å². The summed E-state index contributed by atoms with van der Waals surface area (Å²) in [7, 11) is 0. The standard InChI is InChI=1S/C14H20N2O2/c17-13(10-12-2-1-6-16-11-12)5-9-18-14-3-7-15-8-4-14/h1-2,6,11,14-15H,3-5,7-10H2. The van der Waals surface area contributed by atoms with E-state index in [1.807, 2.05) is 12.1 Å². The molecule has 2 rings (SSSR count). The molecule has 4 heteroatoms. The van der Waals surface area contributed by atoms with E-state index >= 15 is 0 Å². The van der Waals surface area contributed by atoms with E-state index in [2.05, 4.69) is 10.3 Å². The lowest BCUT2D eigenvalue weighted by Crippen LogP contribution is -2.32. The monoisotopic (exact) mass is 248 g/mol. The van der Waals surface area contributed by atoms with Crippen molar-refractivity contribution in [2.75, 3.05) is 19.7 Å². The highest BCUT2D eigenvalue weighted by Gasteiger charge is 2.13. The maximum absolute atomic E-state index is 11.7. The molecule has 1 N–H and O–H groups in total. The molecular weight excluding hydrogens is 228 g/mol. The van der Waals surface area contributed by atoms with E-state index in [0.29, 0.717) is 25.6 Å². The first-order chi connectivity index (χ1) is 8.84. The van der Waals surface area contributed by atoms with Gasteiger partial charge in [0.2, 0.25) is 0 Å². The van der Waals surface area contributed by atoms with Crippen molar-refractivity contribution in [3.05, 3.63) is 30.1 Å². The Labute approximate surface area is 108 Å². The summed E-state index contributed by atoms with van der Waals surface area (Å²) >= 11 is 0. The van der Waals surface area contributed by atoms with E-state index in [-0.39, 0.29) is 5.78 Å². The molecule has 0 bridgehead atoms. The minimum atomic E-state index is 0.219. The number of hydrogen-bond acceptors (Lipinski definition) is 4. The Morgan fingerprint density at radius 2 is 2.28 bits per heavy atom. The number of piperidine rings is 1. The van der Waals surface area contributed by atoms with Gasteiger partial charge in [-0.1, -0.05) is 6.07 Å². The van der Waals surface area contributed by atoms with Crippen LogP contribution in [0.25, 0.3) is 0 Å². The first-order valence-electron chi connectivity index (χ1n) is 6.57. The van der Waals surface area contributed by atoms with Gasteiger partial charge in [0.25, 0.3) is 0 Å². The SMILES string of the molecule is O=C(CCOC1CCNCC1)Cc1cccnc1. The van der Waals surface area contributed by atoms with Gasteiger partial charge in [-0.25, -0.2) is 0 Å². The van der Waals surface area contributed by atoms with Gasteiger partial charge in [-0.3, -0.25) is 9.78 Å². The lowest BCUT2D eigenvalue weighted by molar-refractivity contribution is -0.120. The third kappa shape index (κ3) is 4.55.